The molecule has 1 aromatic heterocycles. The van der Waals surface area contributed by atoms with Crippen LogP contribution in [0.2, 0.25) is 0 Å². The Bertz CT molecular complexity index is 858. The van der Waals surface area contributed by atoms with Gasteiger partial charge in [-0.25, -0.2) is 14.2 Å². The fraction of sp³-hybridized carbons (Fsp3) is 0.389. The van der Waals surface area contributed by atoms with E-state index >= 15 is 0 Å². The van der Waals surface area contributed by atoms with Crippen LogP contribution in [-0.4, -0.2) is 34.4 Å². The number of carbonyl (C=O) groups excluding carboxylic acids is 1. The average Bonchev–Trinajstić information content (AvgIpc) is 3.30. The molecule has 1 saturated carbocycles. The summed E-state index contributed by atoms with van der Waals surface area (Å²) in [5.41, 5.74) is 0.227. The van der Waals surface area contributed by atoms with Crippen molar-refractivity contribution in [3.8, 4) is 0 Å². The van der Waals surface area contributed by atoms with Crippen molar-refractivity contribution in [1.29, 1.82) is 0 Å². The fourth-order valence-corrected chi connectivity index (χ4v) is 5.03. The Balaban J connectivity index is 1.75. The molecule has 0 saturated heterocycles. The molecule has 1 aliphatic carbocycles. The second kappa shape index (κ2) is 9.71. The Labute approximate surface area is 178 Å². The minimum Gasteiger partial charge on any atom is -0.481 e. The molecule has 2 N–H and O–H groups in total. The Morgan fingerprint density at radius 1 is 1.39 bits per heavy atom. The van der Waals surface area contributed by atoms with Crippen molar-refractivity contribution in [2.45, 2.75) is 29.9 Å². The Kier molecular flexibility index (Phi) is 7.30. The van der Waals surface area contributed by atoms with Crippen LogP contribution in [0.15, 0.2) is 33.1 Å². The summed E-state index contributed by atoms with van der Waals surface area (Å²) >= 11 is 5.57. The van der Waals surface area contributed by atoms with E-state index in [1.54, 1.807) is 12.1 Å². The Morgan fingerprint density at radius 3 is 2.82 bits per heavy atom. The number of nitrogens with zero attached hydrogens (tertiary/aromatic N) is 2. The fourth-order valence-electron chi connectivity index (χ4n) is 3.12. The van der Waals surface area contributed by atoms with Crippen LogP contribution in [0.4, 0.5) is 20.0 Å². The molecule has 0 atom stereocenters. The number of hydrogen-bond acceptors (Lipinski definition) is 5. The van der Waals surface area contributed by atoms with Gasteiger partial charge in [-0.05, 0) is 37.0 Å². The van der Waals surface area contributed by atoms with Gasteiger partial charge in [0.25, 0.3) is 0 Å². The molecule has 0 aliphatic heterocycles. The van der Waals surface area contributed by atoms with Crippen LogP contribution in [0.1, 0.15) is 25.7 Å². The first-order valence-corrected chi connectivity index (χ1v) is 11.4. The lowest BCUT2D eigenvalue weighted by Gasteiger charge is -2.26. The lowest BCUT2D eigenvalue weighted by atomic mass is 10.1. The zero-order valence-corrected chi connectivity index (χ0v) is 18.1. The maximum atomic E-state index is 14.5. The molecule has 2 aromatic rings. The second-order valence-electron chi connectivity index (χ2n) is 6.45. The van der Waals surface area contributed by atoms with E-state index in [0.29, 0.717) is 26.3 Å². The SMILES string of the molecule is O=C(O)CSc1cnc(NC(=O)N(CC2CCCC2)c2ccc(Br)cc2F)s1. The van der Waals surface area contributed by atoms with E-state index in [2.05, 4.69) is 26.2 Å². The quantitative estimate of drug-likeness (QED) is 0.507. The van der Waals surface area contributed by atoms with Gasteiger partial charge in [0.2, 0.25) is 0 Å². The number of benzene rings is 1. The van der Waals surface area contributed by atoms with E-state index in [9.17, 15) is 14.0 Å². The van der Waals surface area contributed by atoms with E-state index < -0.39 is 17.8 Å². The van der Waals surface area contributed by atoms with Gasteiger partial charge in [-0.15, -0.1) is 11.8 Å². The van der Waals surface area contributed by atoms with Gasteiger partial charge in [0.05, 0.1) is 21.8 Å². The van der Waals surface area contributed by atoms with Gasteiger partial charge in [0.1, 0.15) is 5.82 Å². The highest BCUT2D eigenvalue weighted by molar-refractivity contribution is 9.10. The first-order valence-electron chi connectivity index (χ1n) is 8.76. The molecule has 1 fully saturated rings. The number of aliphatic carboxylic acids is 1. The van der Waals surface area contributed by atoms with E-state index in [1.165, 1.54) is 28.5 Å². The van der Waals surface area contributed by atoms with Gasteiger partial charge >= 0.3 is 12.0 Å². The standard InChI is InChI=1S/C18H19BrFN3O3S2/c19-12-5-6-14(13(20)7-12)23(9-11-3-1-2-4-11)18(26)22-17-21-8-16(28-17)27-10-15(24)25/h5-8,11H,1-4,9-10H2,(H,24,25)(H,21,22,26). The summed E-state index contributed by atoms with van der Waals surface area (Å²) in [4.78, 5) is 29.1. The van der Waals surface area contributed by atoms with Crippen LogP contribution in [0.5, 0.6) is 0 Å². The average molecular weight is 488 g/mol. The molecule has 1 heterocycles. The molecule has 2 amide bonds. The summed E-state index contributed by atoms with van der Waals surface area (Å²) < 4.78 is 15.8. The van der Waals surface area contributed by atoms with Gasteiger partial charge in [-0.1, -0.05) is 40.1 Å². The third-order valence-electron chi connectivity index (χ3n) is 4.40. The van der Waals surface area contributed by atoms with Crippen molar-refractivity contribution in [2.75, 3.05) is 22.5 Å². The highest BCUT2D eigenvalue weighted by Gasteiger charge is 2.26. The van der Waals surface area contributed by atoms with Crippen molar-refractivity contribution >= 4 is 61.8 Å². The van der Waals surface area contributed by atoms with Crippen LogP contribution in [0.3, 0.4) is 0 Å². The molecular formula is C18H19BrFN3O3S2. The number of anilines is 2. The number of nitrogens with one attached hydrogen (secondary N) is 1. The van der Waals surface area contributed by atoms with Crippen LogP contribution in [0.25, 0.3) is 0 Å². The summed E-state index contributed by atoms with van der Waals surface area (Å²) in [5, 5.41) is 11.8. The van der Waals surface area contributed by atoms with Gasteiger partial charge < -0.3 is 5.11 Å². The molecule has 10 heteroatoms. The zero-order chi connectivity index (χ0) is 20.1. The van der Waals surface area contributed by atoms with Crippen molar-refractivity contribution in [1.82, 2.24) is 4.98 Å². The maximum absolute atomic E-state index is 14.5. The van der Waals surface area contributed by atoms with Gasteiger partial charge in [-0.3, -0.25) is 15.0 Å². The highest BCUT2D eigenvalue weighted by atomic mass is 79.9. The molecule has 0 radical (unpaired) electrons. The monoisotopic (exact) mass is 487 g/mol. The Hall–Kier alpha value is -1.65. The first-order chi connectivity index (χ1) is 13.4. The lowest BCUT2D eigenvalue weighted by Crippen LogP contribution is -2.38. The minimum atomic E-state index is -0.919. The molecular weight excluding hydrogens is 469 g/mol. The summed E-state index contributed by atoms with van der Waals surface area (Å²) in [6, 6.07) is 4.19. The van der Waals surface area contributed by atoms with Crippen LogP contribution < -0.4 is 10.2 Å². The predicted molar refractivity (Wildman–Crippen MR) is 113 cm³/mol. The van der Waals surface area contributed by atoms with Crippen molar-refractivity contribution in [3.05, 3.63) is 34.7 Å². The number of carboxylic acid groups (broad SMARTS) is 1. The van der Waals surface area contributed by atoms with Crippen LogP contribution in [0, 0.1) is 11.7 Å². The normalized spacial score (nSPS) is 14.2. The third-order valence-corrected chi connectivity index (χ3v) is 6.98. The first kappa shape index (κ1) is 21.1. The predicted octanol–water partition coefficient (Wildman–Crippen LogP) is 5.45. The van der Waals surface area contributed by atoms with E-state index in [1.807, 2.05) is 0 Å². The molecule has 1 aromatic carbocycles. The summed E-state index contributed by atoms with van der Waals surface area (Å²) in [5.74, 6) is -1.13. The van der Waals surface area contributed by atoms with Crippen LogP contribution >= 0.6 is 39.0 Å². The molecule has 28 heavy (non-hydrogen) atoms. The van der Waals surface area contributed by atoms with Crippen molar-refractivity contribution in [3.63, 3.8) is 0 Å². The summed E-state index contributed by atoms with van der Waals surface area (Å²) in [7, 11) is 0. The third kappa shape index (κ3) is 5.68. The van der Waals surface area contributed by atoms with Crippen molar-refractivity contribution < 1.29 is 19.1 Å². The Morgan fingerprint density at radius 2 is 2.14 bits per heavy atom. The minimum absolute atomic E-state index is 0.0759. The van der Waals surface area contributed by atoms with Gasteiger partial charge in [-0.2, -0.15) is 0 Å². The number of hydrogen-bond donors (Lipinski definition) is 2. The number of carbonyl (C=O) groups is 2. The number of aromatic nitrogens is 1. The number of thiazole rings is 1. The zero-order valence-electron chi connectivity index (χ0n) is 14.9. The largest absolute Gasteiger partial charge is 0.481 e. The van der Waals surface area contributed by atoms with Gasteiger partial charge in [0.15, 0.2) is 5.13 Å². The number of urea groups is 1. The summed E-state index contributed by atoms with van der Waals surface area (Å²) in [6.45, 7) is 0.441. The second-order valence-corrected chi connectivity index (χ2v) is 9.68. The molecule has 0 unspecified atom stereocenters. The topological polar surface area (TPSA) is 82.5 Å². The maximum Gasteiger partial charge on any atom is 0.328 e. The van der Waals surface area contributed by atoms with E-state index in [4.69, 9.17) is 5.11 Å². The molecule has 0 bridgehead atoms. The molecule has 1 aliphatic rings. The number of carboxylic acids is 1. The highest BCUT2D eigenvalue weighted by Crippen LogP contribution is 2.32. The number of halogens is 2. The molecule has 6 nitrogen and oxygen atoms in total. The summed E-state index contributed by atoms with van der Waals surface area (Å²) in [6.07, 6.45) is 5.82. The van der Waals surface area contributed by atoms with E-state index in [-0.39, 0.29) is 11.4 Å². The number of rotatable bonds is 7. The number of thioether (sulfide) groups is 1. The number of amides is 2. The molecule has 3 rings (SSSR count). The van der Waals surface area contributed by atoms with Gasteiger partial charge in [0, 0.05) is 11.0 Å². The van der Waals surface area contributed by atoms with E-state index in [0.717, 1.165) is 37.4 Å². The van der Waals surface area contributed by atoms with Crippen LogP contribution in [-0.2, 0) is 4.79 Å². The molecule has 0 spiro atoms. The smallest absolute Gasteiger partial charge is 0.328 e. The molecule has 150 valence electrons. The lowest BCUT2D eigenvalue weighted by molar-refractivity contribution is -0.133. The van der Waals surface area contributed by atoms with Crippen molar-refractivity contribution in [2.24, 2.45) is 5.92 Å².